The van der Waals surface area contributed by atoms with Gasteiger partial charge in [0, 0.05) is 30.1 Å². The normalized spacial score (nSPS) is 13.7. The maximum absolute atomic E-state index is 14.9. The number of aryl methyl sites for hydroxylation is 1. The number of ether oxygens (including phenoxy) is 3. The first-order valence-electron chi connectivity index (χ1n) is 16.8. The number of amides is 2. The fraction of sp³-hybridized carbons (Fsp3) is 0.333. The second kappa shape index (κ2) is 17.0. The van der Waals surface area contributed by atoms with E-state index in [1.165, 1.54) is 56.6 Å². The molecule has 1 aliphatic rings. The van der Waals surface area contributed by atoms with Crippen LogP contribution in [0.3, 0.4) is 0 Å². The van der Waals surface area contributed by atoms with Gasteiger partial charge < -0.3 is 24.4 Å². The molecule has 2 amide bonds. The Kier molecular flexibility index (Phi) is 12.5. The molecule has 0 spiro atoms. The van der Waals surface area contributed by atoms with Gasteiger partial charge in [-0.3, -0.25) is 13.9 Å². The summed E-state index contributed by atoms with van der Waals surface area (Å²) in [7, 11) is -0.221. The fourth-order valence-electron chi connectivity index (χ4n) is 6.40. The summed E-state index contributed by atoms with van der Waals surface area (Å²) in [5.74, 6) is -0.177. The van der Waals surface area contributed by atoms with Gasteiger partial charge in [-0.25, -0.2) is 8.42 Å². The maximum atomic E-state index is 14.9. The number of carbonyl (C=O) groups is 2. The zero-order valence-electron chi connectivity index (χ0n) is 29.3. The van der Waals surface area contributed by atoms with E-state index in [9.17, 15) is 18.0 Å². The van der Waals surface area contributed by atoms with Crippen molar-refractivity contribution in [1.29, 1.82) is 0 Å². The number of carbonyl (C=O) groups excluding carboxylic acids is 2. The van der Waals surface area contributed by atoms with Crippen LogP contribution in [0.15, 0.2) is 95.9 Å². The lowest BCUT2D eigenvalue weighted by Crippen LogP contribution is -2.54. The number of rotatable bonds is 15. The van der Waals surface area contributed by atoms with Gasteiger partial charge in [0.05, 0.1) is 31.9 Å². The molecule has 1 saturated carbocycles. The molecule has 0 aromatic heterocycles. The summed E-state index contributed by atoms with van der Waals surface area (Å²) >= 11 is 6.42. The molecule has 4 aromatic carbocycles. The molecule has 0 bridgehead atoms. The van der Waals surface area contributed by atoms with Crippen LogP contribution in [0.1, 0.15) is 42.4 Å². The summed E-state index contributed by atoms with van der Waals surface area (Å²) in [6.07, 6.45) is 3.98. The number of sulfonamides is 1. The van der Waals surface area contributed by atoms with Crippen molar-refractivity contribution >= 4 is 39.1 Å². The maximum Gasteiger partial charge on any atom is 0.265 e. The van der Waals surface area contributed by atoms with E-state index in [0.29, 0.717) is 5.75 Å². The molecule has 1 aliphatic carbocycles. The predicted octanol–water partition coefficient (Wildman–Crippen LogP) is 6.57. The van der Waals surface area contributed by atoms with E-state index in [4.69, 9.17) is 25.8 Å². The molecule has 0 unspecified atom stereocenters. The monoisotopic (exact) mass is 733 g/mol. The summed E-state index contributed by atoms with van der Waals surface area (Å²) in [4.78, 5) is 30.5. The first kappa shape index (κ1) is 37.5. The van der Waals surface area contributed by atoms with Crippen molar-refractivity contribution in [2.24, 2.45) is 0 Å². The lowest BCUT2D eigenvalue weighted by Gasteiger charge is -2.34. The SMILES string of the molecule is COc1ccc(S(=O)(=O)N(CC(=O)N(Cc2cccc(C)c2)[C@@H](Cc2ccccc2)C(=O)NC2CCCC2)c2cc(Cl)ccc2OC)cc1OC. The minimum Gasteiger partial charge on any atom is -0.495 e. The number of hydrogen-bond acceptors (Lipinski definition) is 7. The van der Waals surface area contributed by atoms with E-state index in [0.717, 1.165) is 46.7 Å². The van der Waals surface area contributed by atoms with E-state index in [-0.39, 0.29) is 52.0 Å². The third-order valence-corrected chi connectivity index (χ3v) is 11.0. The van der Waals surface area contributed by atoms with Crippen LogP contribution in [0.25, 0.3) is 0 Å². The largest absolute Gasteiger partial charge is 0.495 e. The van der Waals surface area contributed by atoms with E-state index >= 15 is 0 Å². The minimum atomic E-state index is -4.48. The Balaban J connectivity index is 1.63. The molecule has 0 radical (unpaired) electrons. The fourth-order valence-corrected chi connectivity index (χ4v) is 8.00. The molecular formula is C39H44ClN3O7S. The van der Waals surface area contributed by atoms with Crippen LogP contribution in [0.5, 0.6) is 17.2 Å². The molecule has 0 saturated heterocycles. The summed E-state index contributed by atoms with van der Waals surface area (Å²) in [5, 5.41) is 3.43. The summed E-state index contributed by atoms with van der Waals surface area (Å²) < 4.78 is 46.6. The average Bonchev–Trinajstić information content (AvgIpc) is 3.65. The highest BCUT2D eigenvalue weighted by Crippen LogP contribution is 2.37. The van der Waals surface area contributed by atoms with Crippen molar-refractivity contribution in [3.05, 3.63) is 113 Å². The Bertz CT molecular complexity index is 1930. The number of methoxy groups -OCH3 is 3. The molecule has 1 atom stereocenters. The highest BCUT2D eigenvalue weighted by Gasteiger charge is 2.37. The predicted molar refractivity (Wildman–Crippen MR) is 198 cm³/mol. The second-order valence-corrected chi connectivity index (χ2v) is 14.8. The molecule has 0 aliphatic heterocycles. The molecule has 5 rings (SSSR count). The molecule has 0 heterocycles. The Morgan fingerprint density at radius 2 is 1.49 bits per heavy atom. The number of nitrogens with one attached hydrogen (secondary N) is 1. The number of nitrogens with zero attached hydrogens (tertiary/aromatic N) is 2. The highest BCUT2D eigenvalue weighted by molar-refractivity contribution is 7.92. The van der Waals surface area contributed by atoms with Crippen LogP contribution in [-0.2, 0) is 32.6 Å². The van der Waals surface area contributed by atoms with Crippen LogP contribution < -0.4 is 23.8 Å². The van der Waals surface area contributed by atoms with Gasteiger partial charge in [0.2, 0.25) is 11.8 Å². The molecular weight excluding hydrogens is 690 g/mol. The Labute approximate surface area is 305 Å². The van der Waals surface area contributed by atoms with Gasteiger partial charge in [0.15, 0.2) is 11.5 Å². The number of halogens is 1. The van der Waals surface area contributed by atoms with Crippen LogP contribution in [0.2, 0.25) is 5.02 Å². The van der Waals surface area contributed by atoms with Gasteiger partial charge in [-0.2, -0.15) is 0 Å². The van der Waals surface area contributed by atoms with Gasteiger partial charge in [0.25, 0.3) is 10.0 Å². The smallest absolute Gasteiger partial charge is 0.265 e. The summed E-state index contributed by atoms with van der Waals surface area (Å²) in [6, 6.07) is 25.0. The number of hydrogen-bond donors (Lipinski definition) is 1. The van der Waals surface area contributed by atoms with Gasteiger partial charge >= 0.3 is 0 Å². The van der Waals surface area contributed by atoms with E-state index < -0.39 is 28.5 Å². The van der Waals surface area contributed by atoms with Gasteiger partial charge in [-0.15, -0.1) is 0 Å². The van der Waals surface area contributed by atoms with E-state index in [2.05, 4.69) is 5.32 Å². The van der Waals surface area contributed by atoms with Crippen LogP contribution in [-0.4, -0.2) is 65.1 Å². The standard InChI is InChI=1S/C39H44ClN3O7S/c1-27-11-10-14-29(21-27)25-42(34(22-28-12-6-5-7-13-28)39(45)41-31-15-8-9-16-31)38(44)26-43(33-23-30(40)17-19-35(33)48-2)51(46,47)32-18-20-36(49-3)37(24-32)50-4/h5-7,10-14,17-21,23-24,31,34H,8-9,15-16,22,25-26H2,1-4H3,(H,41,45)/t34-/m0/s1. The summed E-state index contributed by atoms with van der Waals surface area (Å²) in [5.41, 5.74) is 2.69. The van der Waals surface area contributed by atoms with E-state index in [1.807, 2.05) is 61.5 Å². The Morgan fingerprint density at radius 3 is 2.16 bits per heavy atom. The van der Waals surface area contributed by atoms with Crippen molar-refractivity contribution in [2.45, 2.75) is 62.6 Å². The van der Waals surface area contributed by atoms with Crippen molar-refractivity contribution in [3.63, 3.8) is 0 Å². The minimum absolute atomic E-state index is 0.00402. The zero-order chi connectivity index (χ0) is 36.5. The molecule has 51 heavy (non-hydrogen) atoms. The first-order valence-corrected chi connectivity index (χ1v) is 18.6. The van der Waals surface area contributed by atoms with Crippen molar-refractivity contribution in [1.82, 2.24) is 10.2 Å². The van der Waals surface area contributed by atoms with E-state index in [1.54, 1.807) is 6.07 Å². The third kappa shape index (κ3) is 9.14. The Morgan fingerprint density at radius 1 is 0.824 bits per heavy atom. The zero-order valence-corrected chi connectivity index (χ0v) is 30.9. The van der Waals surface area contributed by atoms with Crippen molar-refractivity contribution in [2.75, 3.05) is 32.2 Å². The molecule has 12 heteroatoms. The first-order chi connectivity index (χ1) is 24.5. The van der Waals surface area contributed by atoms with Gasteiger partial charge in [0.1, 0.15) is 18.3 Å². The van der Waals surface area contributed by atoms with Crippen LogP contribution in [0, 0.1) is 6.92 Å². The molecule has 4 aromatic rings. The van der Waals surface area contributed by atoms with Crippen LogP contribution >= 0.6 is 11.6 Å². The highest BCUT2D eigenvalue weighted by atomic mass is 35.5. The lowest BCUT2D eigenvalue weighted by molar-refractivity contribution is -0.140. The average molecular weight is 734 g/mol. The molecule has 1 N–H and O–H groups in total. The quantitative estimate of drug-likeness (QED) is 0.147. The summed E-state index contributed by atoms with van der Waals surface area (Å²) in [6.45, 7) is 1.35. The second-order valence-electron chi connectivity index (χ2n) is 12.6. The van der Waals surface area contributed by atoms with Gasteiger partial charge in [-0.05, 0) is 61.2 Å². The van der Waals surface area contributed by atoms with Crippen LogP contribution in [0.4, 0.5) is 5.69 Å². The molecule has 10 nitrogen and oxygen atoms in total. The third-order valence-electron chi connectivity index (χ3n) is 9.04. The van der Waals surface area contributed by atoms with Gasteiger partial charge in [-0.1, -0.05) is 84.6 Å². The lowest BCUT2D eigenvalue weighted by atomic mass is 10.0. The molecule has 270 valence electrons. The number of anilines is 1. The van der Waals surface area contributed by atoms with Crippen molar-refractivity contribution in [3.8, 4) is 17.2 Å². The van der Waals surface area contributed by atoms with Crippen molar-refractivity contribution < 1.29 is 32.2 Å². The Hall–Kier alpha value is -4.74. The number of benzene rings is 4. The molecule has 1 fully saturated rings. The topological polar surface area (TPSA) is 114 Å².